The predicted octanol–water partition coefficient (Wildman–Crippen LogP) is 4.18. The van der Waals surface area contributed by atoms with Gasteiger partial charge in [-0.05, 0) is 31.4 Å². The van der Waals surface area contributed by atoms with Crippen LogP contribution in [0.25, 0.3) is 10.2 Å². The maximum Gasteiger partial charge on any atom is 0.293 e. The van der Waals surface area contributed by atoms with Crippen LogP contribution in [0.4, 0.5) is 16.5 Å². The number of nitro groups is 1. The molecule has 3 heterocycles. The number of carbonyl (C=O) groups excluding carboxylic acids is 1. The number of piperidine rings is 1. The van der Waals surface area contributed by atoms with Crippen molar-refractivity contribution in [3.63, 3.8) is 0 Å². The molecule has 5 rings (SSSR count). The average molecular weight is 426 g/mol. The number of thiazole rings is 1. The standard InChI is InChI=1S/C20H18N4O5S/c25-19(22-20-21-13-9-16-17(29-11-28-16)10-18(13)30-20)12-4-5-14(15(8-12)24(26)27)23-6-2-1-3-7-23/h4-5,8-10H,1-3,6-7,11H2,(H,21,22,25). The van der Waals surface area contributed by atoms with Gasteiger partial charge < -0.3 is 14.4 Å². The Hall–Kier alpha value is -3.40. The van der Waals surface area contributed by atoms with Crippen molar-refractivity contribution >= 4 is 44.0 Å². The lowest BCUT2D eigenvalue weighted by Crippen LogP contribution is -2.30. The van der Waals surface area contributed by atoms with Crippen molar-refractivity contribution < 1.29 is 19.2 Å². The van der Waals surface area contributed by atoms with Gasteiger partial charge in [0.05, 0.1) is 15.1 Å². The summed E-state index contributed by atoms with van der Waals surface area (Å²) in [6.07, 6.45) is 3.15. The van der Waals surface area contributed by atoms with E-state index in [1.165, 1.54) is 17.4 Å². The monoisotopic (exact) mass is 426 g/mol. The van der Waals surface area contributed by atoms with Crippen LogP contribution in [0.3, 0.4) is 0 Å². The molecule has 1 saturated heterocycles. The maximum atomic E-state index is 12.7. The predicted molar refractivity (Wildman–Crippen MR) is 113 cm³/mol. The third-order valence-electron chi connectivity index (χ3n) is 5.23. The second kappa shape index (κ2) is 7.45. The first kappa shape index (κ1) is 18.6. The molecule has 0 spiro atoms. The molecule has 0 bridgehead atoms. The SMILES string of the molecule is O=C(Nc1nc2cc3c(cc2s1)OCO3)c1ccc(N2CCCCC2)c([N+](=O)[O-])c1. The molecule has 0 radical (unpaired) electrons. The van der Waals surface area contributed by atoms with E-state index in [4.69, 9.17) is 9.47 Å². The highest BCUT2D eigenvalue weighted by atomic mass is 32.1. The summed E-state index contributed by atoms with van der Waals surface area (Å²) in [6.45, 7) is 1.76. The fourth-order valence-electron chi connectivity index (χ4n) is 3.75. The molecule has 2 aliphatic heterocycles. The molecule has 1 aromatic heterocycles. The van der Waals surface area contributed by atoms with Gasteiger partial charge >= 0.3 is 0 Å². The molecular weight excluding hydrogens is 408 g/mol. The Kier molecular flexibility index (Phi) is 4.62. The Morgan fingerprint density at radius 1 is 1.13 bits per heavy atom. The van der Waals surface area contributed by atoms with E-state index in [0.29, 0.717) is 27.8 Å². The van der Waals surface area contributed by atoms with Gasteiger partial charge in [0.25, 0.3) is 11.6 Å². The summed E-state index contributed by atoms with van der Waals surface area (Å²) in [5.74, 6) is 0.824. The Morgan fingerprint density at radius 2 is 1.90 bits per heavy atom. The largest absolute Gasteiger partial charge is 0.454 e. The number of nitrogens with one attached hydrogen (secondary N) is 1. The average Bonchev–Trinajstić information content (AvgIpc) is 3.37. The summed E-state index contributed by atoms with van der Waals surface area (Å²) < 4.78 is 11.6. The highest BCUT2D eigenvalue weighted by molar-refractivity contribution is 7.22. The Balaban J connectivity index is 1.40. The molecule has 1 fully saturated rings. The molecule has 9 nitrogen and oxygen atoms in total. The number of fused-ring (bicyclic) bond motifs is 2. The summed E-state index contributed by atoms with van der Waals surface area (Å²) in [6, 6.07) is 8.21. The van der Waals surface area contributed by atoms with Gasteiger partial charge in [0.1, 0.15) is 5.69 Å². The normalized spacial score (nSPS) is 15.4. The molecule has 2 aromatic carbocycles. The first-order valence-corrected chi connectivity index (χ1v) is 10.4. The number of nitrogens with zero attached hydrogens (tertiary/aromatic N) is 3. The van der Waals surface area contributed by atoms with Crippen LogP contribution in [-0.2, 0) is 0 Å². The van der Waals surface area contributed by atoms with Gasteiger partial charge in [0.15, 0.2) is 16.6 Å². The first-order chi connectivity index (χ1) is 14.6. The number of anilines is 2. The molecule has 2 aliphatic rings. The topological polar surface area (TPSA) is 107 Å². The third-order valence-corrected chi connectivity index (χ3v) is 6.17. The van der Waals surface area contributed by atoms with E-state index in [-0.39, 0.29) is 18.0 Å². The van der Waals surface area contributed by atoms with Gasteiger partial charge in [-0.15, -0.1) is 0 Å². The van der Waals surface area contributed by atoms with Crippen LogP contribution in [0.15, 0.2) is 30.3 Å². The van der Waals surface area contributed by atoms with Gasteiger partial charge in [0.2, 0.25) is 6.79 Å². The molecule has 0 saturated carbocycles. The van der Waals surface area contributed by atoms with E-state index in [0.717, 1.165) is 37.1 Å². The molecule has 0 aliphatic carbocycles. The van der Waals surface area contributed by atoms with Crippen LogP contribution in [0.1, 0.15) is 29.6 Å². The van der Waals surface area contributed by atoms with Crippen LogP contribution in [0, 0.1) is 10.1 Å². The summed E-state index contributed by atoms with van der Waals surface area (Å²) in [7, 11) is 0. The molecule has 0 atom stereocenters. The minimum Gasteiger partial charge on any atom is -0.454 e. The first-order valence-electron chi connectivity index (χ1n) is 9.63. The second-order valence-electron chi connectivity index (χ2n) is 7.15. The van der Waals surface area contributed by atoms with Crippen molar-refractivity contribution in [2.24, 2.45) is 0 Å². The Bertz CT molecular complexity index is 1110. The molecular formula is C20H18N4O5S. The highest BCUT2D eigenvalue weighted by Crippen LogP contribution is 2.39. The molecule has 10 heteroatoms. The van der Waals surface area contributed by atoms with Crippen LogP contribution < -0.4 is 19.7 Å². The van der Waals surface area contributed by atoms with Crippen molar-refractivity contribution in [2.75, 3.05) is 30.1 Å². The molecule has 1 amide bonds. The molecule has 154 valence electrons. The Morgan fingerprint density at radius 3 is 2.67 bits per heavy atom. The number of ether oxygens (including phenoxy) is 2. The zero-order valence-corrected chi connectivity index (χ0v) is 16.7. The van der Waals surface area contributed by atoms with Crippen LogP contribution in [-0.4, -0.2) is 35.7 Å². The number of carbonyl (C=O) groups is 1. The van der Waals surface area contributed by atoms with E-state index in [2.05, 4.69) is 10.3 Å². The second-order valence-corrected chi connectivity index (χ2v) is 8.19. The van der Waals surface area contributed by atoms with Crippen molar-refractivity contribution in [3.8, 4) is 11.5 Å². The number of aromatic nitrogens is 1. The lowest BCUT2D eigenvalue weighted by molar-refractivity contribution is -0.384. The number of nitro benzene ring substituents is 1. The summed E-state index contributed by atoms with van der Waals surface area (Å²) in [5, 5.41) is 14.8. The summed E-state index contributed by atoms with van der Waals surface area (Å²) >= 11 is 1.30. The van der Waals surface area contributed by atoms with Gasteiger partial charge in [0, 0.05) is 36.9 Å². The fraction of sp³-hybridized carbons (Fsp3) is 0.300. The van der Waals surface area contributed by atoms with Crippen molar-refractivity contribution in [2.45, 2.75) is 19.3 Å². The Labute approximate surface area is 175 Å². The smallest absolute Gasteiger partial charge is 0.293 e. The lowest BCUT2D eigenvalue weighted by Gasteiger charge is -2.28. The number of benzene rings is 2. The van der Waals surface area contributed by atoms with Crippen LogP contribution in [0.2, 0.25) is 0 Å². The lowest BCUT2D eigenvalue weighted by atomic mass is 10.1. The number of amides is 1. The fourth-order valence-corrected chi connectivity index (χ4v) is 4.63. The van der Waals surface area contributed by atoms with Gasteiger partial charge in [-0.25, -0.2) is 4.98 Å². The minimum absolute atomic E-state index is 0.0560. The summed E-state index contributed by atoms with van der Waals surface area (Å²) in [5.41, 5.74) is 1.41. The maximum absolute atomic E-state index is 12.7. The zero-order valence-electron chi connectivity index (χ0n) is 15.9. The quantitative estimate of drug-likeness (QED) is 0.493. The minimum atomic E-state index is -0.442. The van der Waals surface area contributed by atoms with Crippen molar-refractivity contribution in [1.82, 2.24) is 4.98 Å². The van der Waals surface area contributed by atoms with Crippen LogP contribution in [0.5, 0.6) is 11.5 Å². The van der Waals surface area contributed by atoms with E-state index in [9.17, 15) is 14.9 Å². The molecule has 1 N–H and O–H groups in total. The van der Waals surface area contributed by atoms with Gasteiger partial charge in [-0.1, -0.05) is 11.3 Å². The van der Waals surface area contributed by atoms with Gasteiger partial charge in [-0.2, -0.15) is 0 Å². The zero-order chi connectivity index (χ0) is 20.7. The number of hydrogen-bond donors (Lipinski definition) is 1. The molecule has 0 unspecified atom stereocenters. The number of rotatable bonds is 4. The van der Waals surface area contributed by atoms with E-state index in [1.807, 2.05) is 11.0 Å². The van der Waals surface area contributed by atoms with Crippen molar-refractivity contribution in [1.29, 1.82) is 0 Å². The molecule has 30 heavy (non-hydrogen) atoms. The van der Waals surface area contributed by atoms with E-state index in [1.54, 1.807) is 18.2 Å². The third kappa shape index (κ3) is 3.39. The van der Waals surface area contributed by atoms with E-state index < -0.39 is 10.8 Å². The van der Waals surface area contributed by atoms with Gasteiger partial charge in [-0.3, -0.25) is 20.2 Å². The van der Waals surface area contributed by atoms with Crippen LogP contribution >= 0.6 is 11.3 Å². The van der Waals surface area contributed by atoms with Crippen molar-refractivity contribution in [3.05, 3.63) is 46.0 Å². The van der Waals surface area contributed by atoms with E-state index >= 15 is 0 Å². The number of hydrogen-bond acceptors (Lipinski definition) is 8. The summed E-state index contributed by atoms with van der Waals surface area (Å²) in [4.78, 5) is 30.3. The highest BCUT2D eigenvalue weighted by Gasteiger charge is 2.24. The molecule has 3 aromatic rings.